The van der Waals surface area contributed by atoms with E-state index >= 15 is 0 Å². The van der Waals surface area contributed by atoms with Crippen LogP contribution in [0.25, 0.3) is 0 Å². The Hall–Kier alpha value is -2.72. The molecule has 0 unspecified atom stereocenters. The second kappa shape index (κ2) is 10.7. The third-order valence-corrected chi connectivity index (χ3v) is 6.48. The van der Waals surface area contributed by atoms with Crippen LogP contribution < -0.4 is 15.8 Å². The van der Waals surface area contributed by atoms with Gasteiger partial charge in [-0.25, -0.2) is 9.78 Å². The van der Waals surface area contributed by atoms with Crippen LogP contribution in [0.4, 0.5) is 10.9 Å². The Labute approximate surface area is 191 Å². The first kappa shape index (κ1) is 23.9. The van der Waals surface area contributed by atoms with Gasteiger partial charge < -0.3 is 19.7 Å². The maximum atomic E-state index is 12.7. The predicted molar refractivity (Wildman–Crippen MR) is 124 cm³/mol. The summed E-state index contributed by atoms with van der Waals surface area (Å²) in [4.78, 5) is 48.0. The number of H-pyrrole nitrogens is 1. The van der Waals surface area contributed by atoms with Crippen molar-refractivity contribution in [1.82, 2.24) is 9.97 Å². The minimum atomic E-state index is -0.431. The lowest BCUT2D eigenvalue weighted by atomic mass is 10.1. The second-order valence-corrected chi connectivity index (χ2v) is 8.74. The molecule has 10 heteroatoms. The number of carbonyl (C=O) groups excluding carboxylic acids is 2. The van der Waals surface area contributed by atoms with Crippen LogP contribution in [-0.2, 0) is 27.1 Å². The molecular formula is C22H30N4O5S. The van der Waals surface area contributed by atoms with E-state index in [2.05, 4.69) is 15.3 Å². The van der Waals surface area contributed by atoms with Crippen molar-refractivity contribution >= 4 is 34.2 Å². The Morgan fingerprint density at radius 3 is 2.56 bits per heavy atom. The topological polar surface area (TPSA) is 114 Å². The van der Waals surface area contributed by atoms with E-state index in [0.717, 1.165) is 10.4 Å². The van der Waals surface area contributed by atoms with Gasteiger partial charge in [0.15, 0.2) is 0 Å². The van der Waals surface area contributed by atoms with Crippen molar-refractivity contribution in [1.29, 1.82) is 0 Å². The lowest BCUT2D eigenvalue weighted by molar-refractivity contribution is -0.116. The SMILES string of the molecule is CCOC(=O)c1c(NC(=O)CCc2c(C)nc(N3CCOCC3)[nH]c2=O)sc(C)c1CC. The fourth-order valence-corrected chi connectivity index (χ4v) is 4.90. The molecule has 2 aromatic rings. The van der Waals surface area contributed by atoms with E-state index in [1.807, 2.05) is 18.7 Å². The number of nitrogens with zero attached hydrogens (tertiary/aromatic N) is 2. The van der Waals surface area contributed by atoms with E-state index in [1.54, 1.807) is 13.8 Å². The molecule has 0 aliphatic carbocycles. The van der Waals surface area contributed by atoms with Gasteiger partial charge in [0.1, 0.15) is 5.00 Å². The van der Waals surface area contributed by atoms with E-state index in [0.29, 0.717) is 60.5 Å². The van der Waals surface area contributed by atoms with Crippen LogP contribution in [0.1, 0.15) is 52.3 Å². The number of esters is 1. The zero-order chi connectivity index (χ0) is 23.3. The number of hydrogen-bond acceptors (Lipinski definition) is 8. The molecule has 2 aromatic heterocycles. The van der Waals surface area contributed by atoms with Crippen LogP contribution in [0.2, 0.25) is 0 Å². The highest BCUT2D eigenvalue weighted by Crippen LogP contribution is 2.34. The van der Waals surface area contributed by atoms with Gasteiger partial charge in [-0.2, -0.15) is 0 Å². The Bertz CT molecular complexity index is 1040. The van der Waals surface area contributed by atoms with Crippen LogP contribution in [0.5, 0.6) is 0 Å². The lowest BCUT2D eigenvalue weighted by Crippen LogP contribution is -2.38. The van der Waals surface area contributed by atoms with E-state index in [-0.39, 0.29) is 30.9 Å². The van der Waals surface area contributed by atoms with Gasteiger partial charge in [0.25, 0.3) is 5.56 Å². The van der Waals surface area contributed by atoms with E-state index in [1.165, 1.54) is 11.3 Å². The molecule has 0 spiro atoms. The Morgan fingerprint density at radius 1 is 1.22 bits per heavy atom. The molecular weight excluding hydrogens is 432 g/mol. The minimum Gasteiger partial charge on any atom is -0.462 e. The zero-order valence-corrected chi connectivity index (χ0v) is 19.8. The van der Waals surface area contributed by atoms with Crippen molar-refractivity contribution in [3.63, 3.8) is 0 Å². The molecule has 0 radical (unpaired) electrons. The van der Waals surface area contributed by atoms with Crippen LogP contribution >= 0.6 is 11.3 Å². The maximum absolute atomic E-state index is 12.7. The first-order valence-corrected chi connectivity index (χ1v) is 11.7. The molecule has 174 valence electrons. The normalized spacial score (nSPS) is 13.8. The Balaban J connectivity index is 1.70. The highest BCUT2D eigenvalue weighted by molar-refractivity contribution is 7.16. The van der Waals surface area contributed by atoms with E-state index in [4.69, 9.17) is 9.47 Å². The first-order chi connectivity index (χ1) is 15.3. The molecule has 3 rings (SSSR count). The Morgan fingerprint density at radius 2 is 1.94 bits per heavy atom. The van der Waals surface area contributed by atoms with Gasteiger partial charge in [0.05, 0.1) is 25.4 Å². The summed E-state index contributed by atoms with van der Waals surface area (Å²) >= 11 is 1.37. The van der Waals surface area contributed by atoms with Crippen LogP contribution in [0.15, 0.2) is 4.79 Å². The number of amides is 1. The second-order valence-electron chi connectivity index (χ2n) is 7.52. The smallest absolute Gasteiger partial charge is 0.341 e. The summed E-state index contributed by atoms with van der Waals surface area (Å²) in [5.41, 5.74) is 2.17. The van der Waals surface area contributed by atoms with Gasteiger partial charge in [-0.3, -0.25) is 14.6 Å². The number of aromatic amines is 1. The molecule has 32 heavy (non-hydrogen) atoms. The predicted octanol–water partition coefficient (Wildman–Crippen LogP) is 2.60. The average Bonchev–Trinajstić information content (AvgIpc) is 3.08. The Kier molecular flexibility index (Phi) is 8.03. The van der Waals surface area contributed by atoms with Gasteiger partial charge in [0, 0.05) is 35.6 Å². The third-order valence-electron chi connectivity index (χ3n) is 5.42. The summed E-state index contributed by atoms with van der Waals surface area (Å²) in [7, 11) is 0. The number of rotatable bonds is 8. The molecule has 1 amide bonds. The molecule has 0 atom stereocenters. The van der Waals surface area contributed by atoms with Gasteiger partial charge in [-0.05, 0) is 39.2 Å². The lowest BCUT2D eigenvalue weighted by Gasteiger charge is -2.27. The standard InChI is InChI=1S/C22H30N4O5S/c1-5-15-14(4)32-20(18(15)21(29)31-6-2)24-17(27)8-7-16-13(3)23-22(25-19(16)28)26-9-11-30-12-10-26/h5-12H2,1-4H3,(H,24,27)(H,23,25,28). The quantitative estimate of drug-likeness (QED) is 0.580. The molecule has 0 saturated carbocycles. The number of morpholine rings is 1. The average molecular weight is 463 g/mol. The van der Waals surface area contributed by atoms with E-state index < -0.39 is 5.97 Å². The highest BCUT2D eigenvalue weighted by atomic mass is 32.1. The van der Waals surface area contributed by atoms with Crippen molar-refractivity contribution in [3.05, 3.63) is 37.6 Å². The van der Waals surface area contributed by atoms with Crippen LogP contribution in [0, 0.1) is 13.8 Å². The molecule has 1 fully saturated rings. The number of nitrogens with one attached hydrogen (secondary N) is 2. The summed E-state index contributed by atoms with van der Waals surface area (Å²) < 4.78 is 10.5. The van der Waals surface area contributed by atoms with Crippen LogP contribution in [-0.4, -0.2) is 54.8 Å². The highest BCUT2D eigenvalue weighted by Gasteiger charge is 2.24. The summed E-state index contributed by atoms with van der Waals surface area (Å²) in [5.74, 6) is -0.168. The van der Waals surface area contributed by atoms with Crippen molar-refractivity contribution in [2.75, 3.05) is 43.1 Å². The number of aryl methyl sites for hydroxylation is 2. The van der Waals surface area contributed by atoms with Gasteiger partial charge in [0.2, 0.25) is 11.9 Å². The third kappa shape index (κ3) is 5.36. The molecule has 0 bridgehead atoms. The fourth-order valence-electron chi connectivity index (χ4n) is 3.75. The summed E-state index contributed by atoms with van der Waals surface area (Å²) in [6.45, 7) is 10.2. The summed E-state index contributed by atoms with van der Waals surface area (Å²) in [6, 6.07) is 0. The molecule has 3 heterocycles. The molecule has 1 aliphatic heterocycles. The molecule has 1 saturated heterocycles. The maximum Gasteiger partial charge on any atom is 0.341 e. The van der Waals surface area contributed by atoms with Gasteiger partial charge in [-0.15, -0.1) is 11.3 Å². The number of ether oxygens (including phenoxy) is 2. The van der Waals surface area contributed by atoms with Crippen molar-refractivity contribution in [2.24, 2.45) is 0 Å². The number of aromatic nitrogens is 2. The molecule has 2 N–H and O–H groups in total. The molecule has 0 aromatic carbocycles. The number of thiophene rings is 1. The fraction of sp³-hybridized carbons (Fsp3) is 0.545. The summed E-state index contributed by atoms with van der Waals surface area (Å²) in [6.07, 6.45) is 1.02. The molecule has 9 nitrogen and oxygen atoms in total. The summed E-state index contributed by atoms with van der Waals surface area (Å²) in [5, 5.41) is 3.34. The van der Waals surface area contributed by atoms with Crippen molar-refractivity contribution in [3.8, 4) is 0 Å². The minimum absolute atomic E-state index is 0.100. The largest absolute Gasteiger partial charge is 0.462 e. The van der Waals surface area contributed by atoms with Crippen molar-refractivity contribution in [2.45, 2.75) is 47.0 Å². The van der Waals surface area contributed by atoms with Crippen molar-refractivity contribution < 1.29 is 19.1 Å². The van der Waals surface area contributed by atoms with Gasteiger partial charge in [-0.1, -0.05) is 6.92 Å². The van der Waals surface area contributed by atoms with E-state index in [9.17, 15) is 14.4 Å². The zero-order valence-electron chi connectivity index (χ0n) is 19.0. The van der Waals surface area contributed by atoms with Gasteiger partial charge >= 0.3 is 5.97 Å². The first-order valence-electron chi connectivity index (χ1n) is 10.9. The monoisotopic (exact) mass is 462 g/mol. The number of carbonyl (C=O) groups is 2. The number of hydrogen-bond donors (Lipinski definition) is 2. The number of anilines is 2. The van der Waals surface area contributed by atoms with Crippen LogP contribution in [0.3, 0.4) is 0 Å². The molecule has 1 aliphatic rings.